The second-order valence-electron chi connectivity index (χ2n) is 6.44. The Morgan fingerprint density at radius 1 is 1.10 bits per heavy atom. The summed E-state index contributed by atoms with van der Waals surface area (Å²) in [5.41, 5.74) is 1.81. The fourth-order valence-electron chi connectivity index (χ4n) is 3.17. The van der Waals surface area contributed by atoms with Gasteiger partial charge in [0.05, 0.1) is 11.1 Å². The fourth-order valence-corrected chi connectivity index (χ4v) is 5.19. The van der Waals surface area contributed by atoms with E-state index in [1.54, 1.807) is 11.8 Å². The Hall–Kier alpha value is -2.29. The minimum absolute atomic E-state index is 0.105. The van der Waals surface area contributed by atoms with Crippen molar-refractivity contribution in [2.24, 2.45) is 0 Å². The van der Waals surface area contributed by atoms with E-state index in [0.717, 1.165) is 36.8 Å². The van der Waals surface area contributed by atoms with Crippen LogP contribution in [-0.2, 0) is 5.75 Å². The van der Waals surface area contributed by atoms with Crippen LogP contribution < -0.4 is 15.0 Å². The smallest absolute Gasteiger partial charge is 0.260 e. The number of hydrogen-bond donors (Lipinski definition) is 1. The van der Waals surface area contributed by atoms with Crippen molar-refractivity contribution in [2.75, 3.05) is 13.2 Å². The second kappa shape index (κ2) is 7.85. The molecule has 0 atom stereocenters. The quantitative estimate of drug-likeness (QED) is 0.387. The van der Waals surface area contributed by atoms with E-state index in [4.69, 9.17) is 9.47 Å². The zero-order valence-corrected chi connectivity index (χ0v) is 18.3. The van der Waals surface area contributed by atoms with Crippen LogP contribution in [-0.4, -0.2) is 23.2 Å². The van der Waals surface area contributed by atoms with Gasteiger partial charge in [0.2, 0.25) is 0 Å². The summed E-state index contributed by atoms with van der Waals surface area (Å²) in [6.45, 7) is 1.14. The van der Waals surface area contributed by atoms with Crippen molar-refractivity contribution >= 4 is 49.2 Å². The summed E-state index contributed by atoms with van der Waals surface area (Å²) in [4.78, 5) is 22.2. The first-order valence-corrected chi connectivity index (χ1v) is 11.6. The highest BCUT2D eigenvalue weighted by Gasteiger charge is 2.15. The molecule has 3 heterocycles. The zero-order valence-electron chi connectivity index (χ0n) is 15.1. The summed E-state index contributed by atoms with van der Waals surface area (Å²) in [7, 11) is 0. The molecule has 4 aromatic rings. The molecule has 0 bridgehead atoms. The van der Waals surface area contributed by atoms with Gasteiger partial charge < -0.3 is 14.5 Å². The Bertz CT molecular complexity index is 1250. The van der Waals surface area contributed by atoms with Crippen molar-refractivity contribution in [1.29, 1.82) is 0 Å². The number of rotatable bonds is 4. The molecular formula is C21H15BrN2O3S2. The van der Waals surface area contributed by atoms with Crippen LogP contribution in [0.15, 0.2) is 62.0 Å². The Labute approximate surface area is 183 Å². The normalized spacial score (nSPS) is 13.0. The number of nitrogens with zero attached hydrogens (tertiary/aromatic N) is 1. The lowest BCUT2D eigenvalue weighted by molar-refractivity contribution is 0.171. The Kier molecular flexibility index (Phi) is 5.07. The molecule has 5 nitrogen and oxygen atoms in total. The van der Waals surface area contributed by atoms with Crippen LogP contribution in [0.4, 0.5) is 0 Å². The maximum Gasteiger partial charge on any atom is 0.260 e. The molecule has 0 unspecified atom stereocenters. The third-order valence-electron chi connectivity index (χ3n) is 4.54. The average molecular weight is 487 g/mol. The number of halogens is 1. The molecule has 0 saturated heterocycles. The standard InChI is InChI=1S/C21H15BrN2O3S2/c22-13-3-1-12(2-4-13)15-10-29-21-19(15)20(25)23-18(24-21)11-28-14-5-6-16-17(9-14)27-8-7-26-16/h1-6,9-10H,7-8,11H2,(H,23,24,25). The van der Waals surface area contributed by atoms with Gasteiger partial charge in [0.25, 0.3) is 5.56 Å². The largest absolute Gasteiger partial charge is 0.486 e. The predicted octanol–water partition coefficient (Wildman–Crippen LogP) is 5.48. The highest BCUT2D eigenvalue weighted by Crippen LogP contribution is 2.35. The summed E-state index contributed by atoms with van der Waals surface area (Å²) in [5.74, 6) is 2.76. The lowest BCUT2D eigenvalue weighted by atomic mass is 10.1. The third kappa shape index (κ3) is 3.80. The molecule has 1 N–H and O–H groups in total. The number of H-pyrrole nitrogens is 1. The Balaban J connectivity index is 1.40. The summed E-state index contributed by atoms with van der Waals surface area (Å²) >= 11 is 6.54. The fraction of sp³-hybridized carbons (Fsp3) is 0.143. The predicted molar refractivity (Wildman–Crippen MR) is 120 cm³/mol. The van der Waals surface area contributed by atoms with Crippen LogP contribution in [0.2, 0.25) is 0 Å². The zero-order chi connectivity index (χ0) is 19.8. The average Bonchev–Trinajstić information content (AvgIpc) is 3.17. The van der Waals surface area contributed by atoms with Gasteiger partial charge in [-0.15, -0.1) is 23.1 Å². The number of fused-ring (bicyclic) bond motifs is 2. The number of nitrogens with one attached hydrogen (secondary N) is 1. The molecule has 1 aliphatic heterocycles. The van der Waals surface area contributed by atoms with Crippen LogP contribution in [0.3, 0.4) is 0 Å². The first-order valence-electron chi connectivity index (χ1n) is 8.96. The van der Waals surface area contributed by atoms with E-state index in [0.29, 0.717) is 30.2 Å². The molecule has 0 spiro atoms. The van der Waals surface area contributed by atoms with Crippen molar-refractivity contribution in [3.63, 3.8) is 0 Å². The number of aromatic amines is 1. The summed E-state index contributed by atoms with van der Waals surface area (Å²) in [5, 5.41) is 2.64. The number of thioether (sulfide) groups is 1. The van der Waals surface area contributed by atoms with Crippen molar-refractivity contribution in [2.45, 2.75) is 10.6 Å². The van der Waals surface area contributed by atoms with Gasteiger partial charge in [-0.2, -0.15) is 0 Å². The van der Waals surface area contributed by atoms with E-state index >= 15 is 0 Å². The van der Waals surface area contributed by atoms with Gasteiger partial charge in [0.15, 0.2) is 11.5 Å². The van der Waals surface area contributed by atoms with Gasteiger partial charge in [0.1, 0.15) is 23.9 Å². The summed E-state index contributed by atoms with van der Waals surface area (Å²) in [6.07, 6.45) is 0. The van der Waals surface area contributed by atoms with E-state index in [1.165, 1.54) is 11.3 Å². The van der Waals surface area contributed by atoms with Crippen LogP contribution in [0.1, 0.15) is 5.82 Å². The van der Waals surface area contributed by atoms with Gasteiger partial charge in [-0.1, -0.05) is 28.1 Å². The van der Waals surface area contributed by atoms with E-state index in [9.17, 15) is 4.79 Å². The van der Waals surface area contributed by atoms with Gasteiger partial charge in [-0.25, -0.2) is 4.98 Å². The molecule has 1 aliphatic rings. The Morgan fingerprint density at radius 2 is 1.90 bits per heavy atom. The molecule has 0 aliphatic carbocycles. The maximum absolute atomic E-state index is 12.8. The minimum Gasteiger partial charge on any atom is -0.486 e. The molecule has 0 radical (unpaired) electrons. The summed E-state index contributed by atoms with van der Waals surface area (Å²) < 4.78 is 12.2. The molecule has 146 valence electrons. The number of thiophene rings is 1. The van der Waals surface area contributed by atoms with E-state index in [2.05, 4.69) is 25.9 Å². The van der Waals surface area contributed by atoms with E-state index in [-0.39, 0.29) is 5.56 Å². The summed E-state index contributed by atoms with van der Waals surface area (Å²) in [6, 6.07) is 13.8. The molecule has 5 rings (SSSR count). The topological polar surface area (TPSA) is 64.2 Å². The first kappa shape index (κ1) is 18.7. The maximum atomic E-state index is 12.8. The highest BCUT2D eigenvalue weighted by atomic mass is 79.9. The molecule has 8 heteroatoms. The van der Waals surface area contributed by atoms with Gasteiger partial charge in [-0.3, -0.25) is 4.79 Å². The lowest BCUT2D eigenvalue weighted by Gasteiger charge is -2.18. The number of hydrogen-bond acceptors (Lipinski definition) is 6. The highest BCUT2D eigenvalue weighted by molar-refractivity contribution is 9.10. The van der Waals surface area contributed by atoms with Crippen LogP contribution in [0.5, 0.6) is 11.5 Å². The lowest BCUT2D eigenvalue weighted by Crippen LogP contribution is -2.15. The van der Waals surface area contributed by atoms with Crippen molar-refractivity contribution < 1.29 is 9.47 Å². The van der Waals surface area contributed by atoms with Crippen molar-refractivity contribution in [1.82, 2.24) is 9.97 Å². The third-order valence-corrected chi connectivity index (χ3v) is 6.94. The Morgan fingerprint density at radius 3 is 2.72 bits per heavy atom. The minimum atomic E-state index is -0.105. The number of ether oxygens (including phenoxy) is 2. The van der Waals surface area contributed by atoms with Crippen LogP contribution >= 0.6 is 39.0 Å². The van der Waals surface area contributed by atoms with E-state index in [1.807, 2.05) is 47.8 Å². The number of benzene rings is 2. The van der Waals surface area contributed by atoms with Crippen LogP contribution in [0, 0.1) is 0 Å². The van der Waals surface area contributed by atoms with E-state index < -0.39 is 0 Å². The van der Waals surface area contributed by atoms with Crippen molar-refractivity contribution in [3.8, 4) is 22.6 Å². The molecule has 2 aromatic heterocycles. The molecule has 0 saturated carbocycles. The van der Waals surface area contributed by atoms with Crippen molar-refractivity contribution in [3.05, 3.63) is 68.5 Å². The molecule has 0 amide bonds. The monoisotopic (exact) mass is 486 g/mol. The van der Waals surface area contributed by atoms with Crippen LogP contribution in [0.25, 0.3) is 21.3 Å². The van der Waals surface area contributed by atoms with Gasteiger partial charge in [-0.05, 0) is 35.9 Å². The SMILES string of the molecule is O=c1[nH]c(CSc2ccc3c(c2)OCCO3)nc2scc(-c3ccc(Br)cc3)c12. The van der Waals surface area contributed by atoms with Gasteiger partial charge >= 0.3 is 0 Å². The van der Waals surface area contributed by atoms with Gasteiger partial charge in [0, 0.05) is 20.3 Å². The number of aromatic nitrogens is 2. The molecule has 2 aromatic carbocycles. The molecule has 29 heavy (non-hydrogen) atoms. The first-order chi connectivity index (χ1) is 14.2. The second-order valence-corrected chi connectivity index (χ2v) is 9.27. The molecule has 0 fully saturated rings. The molecular weight excluding hydrogens is 472 g/mol.